The molecule has 0 saturated carbocycles. The maximum Gasteiger partial charge on any atom is 0.343 e. The number of esters is 1. The lowest BCUT2D eigenvalue weighted by Crippen LogP contribution is -2.06. The standard InChI is InChI=1S/C13H10ClFN2O3/c1-7-3-4-8(15)5-10(7)20-12-9(13(18)19-2)6-11(14)16-17-12/h3-6H,1-2H3. The summed E-state index contributed by atoms with van der Waals surface area (Å²) in [6.07, 6.45) is 0. The van der Waals surface area contributed by atoms with Crippen molar-refractivity contribution in [1.29, 1.82) is 0 Å². The molecule has 0 radical (unpaired) electrons. The zero-order valence-electron chi connectivity index (χ0n) is 10.7. The predicted molar refractivity (Wildman–Crippen MR) is 69.6 cm³/mol. The highest BCUT2D eigenvalue weighted by Gasteiger charge is 2.18. The van der Waals surface area contributed by atoms with Gasteiger partial charge in [0.1, 0.15) is 17.1 Å². The minimum absolute atomic E-state index is 0.0103. The van der Waals surface area contributed by atoms with Gasteiger partial charge in [-0.3, -0.25) is 0 Å². The lowest BCUT2D eigenvalue weighted by Gasteiger charge is -2.10. The molecule has 5 nitrogen and oxygen atoms in total. The molecule has 0 N–H and O–H groups in total. The van der Waals surface area contributed by atoms with Crippen LogP contribution in [0.2, 0.25) is 5.15 Å². The summed E-state index contributed by atoms with van der Waals surface area (Å²) in [4.78, 5) is 11.6. The first-order valence-corrected chi connectivity index (χ1v) is 5.94. The molecule has 0 atom stereocenters. The van der Waals surface area contributed by atoms with Gasteiger partial charge in [0, 0.05) is 6.07 Å². The maximum atomic E-state index is 13.2. The van der Waals surface area contributed by atoms with Gasteiger partial charge in [-0.25, -0.2) is 9.18 Å². The van der Waals surface area contributed by atoms with Gasteiger partial charge in [0.25, 0.3) is 5.88 Å². The normalized spacial score (nSPS) is 10.2. The van der Waals surface area contributed by atoms with Crippen LogP contribution in [0.5, 0.6) is 11.6 Å². The van der Waals surface area contributed by atoms with Crippen molar-refractivity contribution in [2.75, 3.05) is 7.11 Å². The second-order valence-corrected chi connectivity index (χ2v) is 4.28. The summed E-state index contributed by atoms with van der Waals surface area (Å²) in [5.74, 6) is -1.01. The molecule has 0 fully saturated rings. The largest absolute Gasteiger partial charge is 0.465 e. The summed E-state index contributed by atoms with van der Waals surface area (Å²) in [6, 6.07) is 5.31. The van der Waals surface area contributed by atoms with Crippen molar-refractivity contribution in [1.82, 2.24) is 10.2 Å². The second kappa shape index (κ2) is 5.83. The predicted octanol–water partition coefficient (Wildman–Crippen LogP) is 3.16. The van der Waals surface area contributed by atoms with Gasteiger partial charge in [-0.05, 0) is 24.6 Å². The number of aryl methyl sites for hydroxylation is 1. The molecule has 1 heterocycles. The first-order chi connectivity index (χ1) is 9.51. The summed E-state index contributed by atoms with van der Waals surface area (Å²) < 4.78 is 23.2. The lowest BCUT2D eigenvalue weighted by molar-refractivity contribution is 0.0596. The zero-order chi connectivity index (χ0) is 14.7. The molecule has 104 valence electrons. The molecule has 0 aliphatic rings. The van der Waals surface area contributed by atoms with E-state index in [0.717, 1.165) is 0 Å². The van der Waals surface area contributed by atoms with Crippen molar-refractivity contribution < 1.29 is 18.7 Å². The van der Waals surface area contributed by atoms with Crippen LogP contribution in [0.4, 0.5) is 4.39 Å². The number of hydrogen-bond acceptors (Lipinski definition) is 5. The van der Waals surface area contributed by atoms with Crippen LogP contribution in [0.15, 0.2) is 24.3 Å². The van der Waals surface area contributed by atoms with Gasteiger partial charge in [0.2, 0.25) is 0 Å². The molecular weight excluding hydrogens is 287 g/mol. The molecule has 2 rings (SSSR count). The summed E-state index contributed by atoms with van der Waals surface area (Å²) >= 11 is 5.68. The second-order valence-electron chi connectivity index (χ2n) is 3.89. The van der Waals surface area contributed by atoms with Crippen molar-refractivity contribution in [3.05, 3.63) is 46.4 Å². The van der Waals surface area contributed by atoms with E-state index in [-0.39, 0.29) is 22.3 Å². The lowest BCUT2D eigenvalue weighted by atomic mass is 10.2. The average Bonchev–Trinajstić information content (AvgIpc) is 2.43. The number of hydrogen-bond donors (Lipinski definition) is 0. The monoisotopic (exact) mass is 296 g/mol. The Hall–Kier alpha value is -2.21. The quantitative estimate of drug-likeness (QED) is 0.814. The number of halogens is 2. The van der Waals surface area contributed by atoms with E-state index in [0.29, 0.717) is 5.56 Å². The van der Waals surface area contributed by atoms with Gasteiger partial charge in [0.05, 0.1) is 7.11 Å². The van der Waals surface area contributed by atoms with Crippen LogP contribution in [-0.2, 0) is 4.74 Å². The van der Waals surface area contributed by atoms with Crippen LogP contribution >= 0.6 is 11.6 Å². The fraction of sp³-hybridized carbons (Fsp3) is 0.154. The van der Waals surface area contributed by atoms with E-state index in [4.69, 9.17) is 16.3 Å². The van der Waals surface area contributed by atoms with Crippen LogP contribution in [0.1, 0.15) is 15.9 Å². The smallest absolute Gasteiger partial charge is 0.343 e. The molecule has 1 aromatic carbocycles. The molecule has 1 aromatic heterocycles. The molecule has 2 aromatic rings. The van der Waals surface area contributed by atoms with Gasteiger partial charge in [-0.1, -0.05) is 17.7 Å². The summed E-state index contributed by atoms with van der Waals surface area (Å²) in [5, 5.41) is 7.30. The zero-order valence-corrected chi connectivity index (χ0v) is 11.4. The van der Waals surface area contributed by atoms with Crippen molar-refractivity contribution in [3.8, 4) is 11.6 Å². The Morgan fingerprint density at radius 3 is 2.75 bits per heavy atom. The molecule has 0 spiro atoms. The van der Waals surface area contributed by atoms with Crippen molar-refractivity contribution in [2.45, 2.75) is 6.92 Å². The third-order valence-electron chi connectivity index (χ3n) is 2.49. The van der Waals surface area contributed by atoms with E-state index in [2.05, 4.69) is 14.9 Å². The number of nitrogens with zero attached hydrogens (tertiary/aromatic N) is 2. The molecule has 20 heavy (non-hydrogen) atoms. The Balaban J connectivity index is 2.43. The molecule has 0 unspecified atom stereocenters. The van der Waals surface area contributed by atoms with Crippen LogP contribution in [0.25, 0.3) is 0 Å². The Morgan fingerprint density at radius 2 is 2.05 bits per heavy atom. The van der Waals surface area contributed by atoms with E-state index < -0.39 is 11.8 Å². The van der Waals surface area contributed by atoms with E-state index in [1.54, 1.807) is 13.0 Å². The number of carbonyl (C=O) groups is 1. The highest BCUT2D eigenvalue weighted by molar-refractivity contribution is 6.29. The van der Waals surface area contributed by atoms with Crippen molar-refractivity contribution >= 4 is 17.6 Å². The number of aromatic nitrogens is 2. The Bertz CT molecular complexity index is 664. The van der Waals surface area contributed by atoms with Gasteiger partial charge < -0.3 is 9.47 Å². The minimum Gasteiger partial charge on any atom is -0.465 e. The third kappa shape index (κ3) is 3.03. The maximum absolute atomic E-state index is 13.2. The summed E-state index contributed by atoms with van der Waals surface area (Å²) in [6.45, 7) is 1.73. The fourth-order valence-corrected chi connectivity index (χ4v) is 1.62. The summed E-state index contributed by atoms with van der Waals surface area (Å²) in [5.41, 5.74) is 0.690. The molecule has 0 saturated heterocycles. The molecule has 0 aliphatic heterocycles. The van der Waals surface area contributed by atoms with Crippen LogP contribution in [0, 0.1) is 12.7 Å². The number of carbonyl (C=O) groups excluding carboxylic acids is 1. The first kappa shape index (κ1) is 14.2. The Labute approximate surface area is 119 Å². The number of methoxy groups -OCH3 is 1. The average molecular weight is 297 g/mol. The molecular formula is C13H10ClFN2O3. The van der Waals surface area contributed by atoms with Gasteiger partial charge in [0.15, 0.2) is 5.15 Å². The highest BCUT2D eigenvalue weighted by Crippen LogP contribution is 2.27. The minimum atomic E-state index is -0.675. The van der Waals surface area contributed by atoms with Crippen molar-refractivity contribution in [3.63, 3.8) is 0 Å². The van der Waals surface area contributed by atoms with Crippen LogP contribution in [-0.4, -0.2) is 23.3 Å². The van der Waals surface area contributed by atoms with E-state index in [9.17, 15) is 9.18 Å². The van der Waals surface area contributed by atoms with E-state index in [1.807, 2.05) is 0 Å². The SMILES string of the molecule is COC(=O)c1cc(Cl)nnc1Oc1cc(F)ccc1C. The number of rotatable bonds is 3. The third-order valence-corrected chi connectivity index (χ3v) is 2.68. The molecule has 0 aliphatic carbocycles. The van der Waals surface area contributed by atoms with Crippen LogP contribution in [0.3, 0.4) is 0 Å². The topological polar surface area (TPSA) is 61.3 Å². The van der Waals surface area contributed by atoms with Gasteiger partial charge in [-0.2, -0.15) is 0 Å². The highest BCUT2D eigenvalue weighted by atomic mass is 35.5. The molecule has 0 bridgehead atoms. The van der Waals surface area contributed by atoms with Gasteiger partial charge >= 0.3 is 5.97 Å². The first-order valence-electron chi connectivity index (χ1n) is 5.57. The van der Waals surface area contributed by atoms with Crippen molar-refractivity contribution in [2.24, 2.45) is 0 Å². The van der Waals surface area contributed by atoms with Gasteiger partial charge in [-0.15, -0.1) is 10.2 Å². The number of ether oxygens (including phenoxy) is 2. The molecule has 7 heteroatoms. The fourth-order valence-electron chi connectivity index (χ4n) is 1.48. The van der Waals surface area contributed by atoms with E-state index in [1.165, 1.54) is 25.3 Å². The van der Waals surface area contributed by atoms with Crippen LogP contribution < -0.4 is 4.74 Å². The summed E-state index contributed by atoms with van der Waals surface area (Å²) in [7, 11) is 1.22. The molecule has 0 amide bonds. The van der Waals surface area contributed by atoms with E-state index >= 15 is 0 Å². The number of benzene rings is 1. The Morgan fingerprint density at radius 1 is 1.30 bits per heavy atom. The Kier molecular flexibility index (Phi) is 4.14.